The van der Waals surface area contributed by atoms with Crippen molar-refractivity contribution in [3.05, 3.63) is 22.7 Å². The molecule has 2 atom stereocenters. The molecule has 0 bridgehead atoms. The van der Waals surface area contributed by atoms with Gasteiger partial charge in [-0.2, -0.15) is 0 Å². The van der Waals surface area contributed by atoms with Crippen LogP contribution in [0.15, 0.2) is 12.1 Å². The highest BCUT2D eigenvalue weighted by Crippen LogP contribution is 2.38. The van der Waals surface area contributed by atoms with E-state index in [0.29, 0.717) is 49.4 Å². The second kappa shape index (κ2) is 7.59. The number of morpholine rings is 1. The first kappa shape index (κ1) is 17.3. The number of ether oxygens (including phenoxy) is 3. The lowest BCUT2D eigenvalue weighted by Crippen LogP contribution is -2.56. The summed E-state index contributed by atoms with van der Waals surface area (Å²) in [7, 11) is 0. The van der Waals surface area contributed by atoms with Crippen LogP contribution in [0.4, 0.5) is 0 Å². The van der Waals surface area contributed by atoms with Crippen molar-refractivity contribution in [2.24, 2.45) is 5.73 Å². The van der Waals surface area contributed by atoms with E-state index in [0.717, 1.165) is 18.4 Å². The molecule has 0 aliphatic carbocycles. The van der Waals surface area contributed by atoms with E-state index in [4.69, 9.17) is 31.5 Å². The number of primary amides is 1. The number of carbonyl (C=O) groups is 1. The van der Waals surface area contributed by atoms with Gasteiger partial charge < -0.3 is 19.9 Å². The lowest BCUT2D eigenvalue weighted by molar-refractivity contribution is -0.135. The first-order chi connectivity index (χ1) is 11.6. The molecule has 0 spiro atoms. The fourth-order valence-corrected chi connectivity index (χ4v) is 3.53. The Morgan fingerprint density at radius 2 is 2.12 bits per heavy atom. The van der Waals surface area contributed by atoms with Crippen LogP contribution in [0, 0.1) is 0 Å². The topological polar surface area (TPSA) is 74.0 Å². The van der Waals surface area contributed by atoms with Gasteiger partial charge in [0, 0.05) is 19.5 Å². The van der Waals surface area contributed by atoms with Crippen molar-refractivity contribution in [2.45, 2.75) is 31.9 Å². The lowest BCUT2D eigenvalue weighted by Gasteiger charge is -2.37. The third kappa shape index (κ3) is 3.77. The van der Waals surface area contributed by atoms with Crippen LogP contribution in [0.3, 0.4) is 0 Å². The SMILES string of the molecule is C[C@H]1OCCN(CCc2cc(Cl)c3c(c2)OCCCO3)[C@@H]1C(N)=O. The summed E-state index contributed by atoms with van der Waals surface area (Å²) in [6, 6.07) is 3.48. The summed E-state index contributed by atoms with van der Waals surface area (Å²) in [5, 5.41) is 0.561. The Morgan fingerprint density at radius 3 is 2.92 bits per heavy atom. The molecule has 0 unspecified atom stereocenters. The van der Waals surface area contributed by atoms with Crippen molar-refractivity contribution >= 4 is 17.5 Å². The zero-order valence-corrected chi connectivity index (χ0v) is 14.6. The molecular weight excluding hydrogens is 332 g/mol. The Morgan fingerprint density at radius 1 is 1.33 bits per heavy atom. The van der Waals surface area contributed by atoms with Crippen molar-refractivity contribution in [1.29, 1.82) is 0 Å². The second-order valence-corrected chi connectivity index (χ2v) is 6.57. The molecule has 2 aliphatic rings. The molecule has 0 saturated carbocycles. The van der Waals surface area contributed by atoms with Crippen LogP contribution in [0.1, 0.15) is 18.9 Å². The van der Waals surface area contributed by atoms with E-state index in [9.17, 15) is 4.79 Å². The normalized spacial score (nSPS) is 24.4. The summed E-state index contributed by atoms with van der Waals surface area (Å²) in [5.41, 5.74) is 6.58. The van der Waals surface area contributed by atoms with E-state index in [-0.39, 0.29) is 12.0 Å². The highest BCUT2D eigenvalue weighted by atomic mass is 35.5. The number of carbonyl (C=O) groups excluding carboxylic acids is 1. The number of halogens is 1. The first-order valence-electron chi connectivity index (χ1n) is 8.29. The van der Waals surface area contributed by atoms with Gasteiger partial charge in [-0.1, -0.05) is 11.6 Å². The quantitative estimate of drug-likeness (QED) is 0.889. The van der Waals surface area contributed by atoms with Gasteiger partial charge in [0.05, 0.1) is 30.9 Å². The third-order valence-electron chi connectivity index (χ3n) is 4.44. The van der Waals surface area contributed by atoms with Crippen molar-refractivity contribution in [1.82, 2.24) is 4.90 Å². The Bertz CT molecular complexity index is 610. The molecular formula is C17H23ClN2O4. The summed E-state index contributed by atoms with van der Waals surface area (Å²) < 4.78 is 16.9. The molecule has 2 aliphatic heterocycles. The Kier molecular flexibility index (Phi) is 5.48. The highest BCUT2D eigenvalue weighted by Gasteiger charge is 2.33. The minimum atomic E-state index is -0.394. The number of hydrogen-bond donors (Lipinski definition) is 1. The van der Waals surface area contributed by atoms with E-state index in [1.807, 2.05) is 19.1 Å². The van der Waals surface area contributed by atoms with Gasteiger partial charge in [0.2, 0.25) is 5.91 Å². The summed E-state index contributed by atoms with van der Waals surface area (Å²) in [4.78, 5) is 13.8. The first-order valence-corrected chi connectivity index (χ1v) is 8.67. The molecule has 1 aromatic rings. The zero-order chi connectivity index (χ0) is 17.1. The molecule has 1 saturated heterocycles. The molecule has 0 radical (unpaired) electrons. The van der Waals surface area contributed by atoms with Crippen LogP contribution in [0.25, 0.3) is 0 Å². The molecule has 1 aromatic carbocycles. The number of benzene rings is 1. The second-order valence-electron chi connectivity index (χ2n) is 6.16. The summed E-state index contributed by atoms with van der Waals surface area (Å²) in [5.74, 6) is 0.962. The molecule has 1 fully saturated rings. The summed E-state index contributed by atoms with van der Waals surface area (Å²) in [6.07, 6.45) is 1.39. The van der Waals surface area contributed by atoms with E-state index in [1.54, 1.807) is 0 Å². The predicted octanol–water partition coefficient (Wildman–Crippen LogP) is 1.62. The van der Waals surface area contributed by atoms with Crippen LogP contribution in [-0.2, 0) is 16.0 Å². The Hall–Kier alpha value is -1.50. The molecule has 132 valence electrons. The molecule has 2 heterocycles. The van der Waals surface area contributed by atoms with Gasteiger partial charge in [-0.05, 0) is 31.0 Å². The Balaban J connectivity index is 1.71. The lowest BCUT2D eigenvalue weighted by atomic mass is 10.1. The Labute approximate surface area is 146 Å². The van der Waals surface area contributed by atoms with Crippen LogP contribution in [0.5, 0.6) is 11.5 Å². The number of hydrogen-bond acceptors (Lipinski definition) is 5. The van der Waals surface area contributed by atoms with Crippen LogP contribution in [0.2, 0.25) is 5.02 Å². The minimum Gasteiger partial charge on any atom is -0.489 e. The van der Waals surface area contributed by atoms with Crippen LogP contribution in [-0.4, -0.2) is 55.9 Å². The number of rotatable bonds is 4. The maximum Gasteiger partial charge on any atom is 0.237 e. The van der Waals surface area contributed by atoms with Crippen molar-refractivity contribution in [3.63, 3.8) is 0 Å². The van der Waals surface area contributed by atoms with Gasteiger partial charge in [-0.15, -0.1) is 0 Å². The van der Waals surface area contributed by atoms with Crippen molar-refractivity contribution in [3.8, 4) is 11.5 Å². The average Bonchev–Trinajstić information content (AvgIpc) is 2.78. The molecule has 24 heavy (non-hydrogen) atoms. The van der Waals surface area contributed by atoms with Gasteiger partial charge in [-0.25, -0.2) is 0 Å². The van der Waals surface area contributed by atoms with E-state index < -0.39 is 6.04 Å². The number of nitrogens with zero attached hydrogens (tertiary/aromatic N) is 1. The zero-order valence-electron chi connectivity index (χ0n) is 13.8. The van der Waals surface area contributed by atoms with E-state index >= 15 is 0 Å². The summed E-state index contributed by atoms with van der Waals surface area (Å²) in [6.45, 7) is 5.11. The minimum absolute atomic E-state index is 0.191. The van der Waals surface area contributed by atoms with Gasteiger partial charge in [0.15, 0.2) is 11.5 Å². The number of nitrogens with two attached hydrogens (primary N) is 1. The van der Waals surface area contributed by atoms with Crippen LogP contribution < -0.4 is 15.2 Å². The number of amides is 1. The molecule has 7 heteroatoms. The molecule has 1 amide bonds. The molecule has 0 aromatic heterocycles. The monoisotopic (exact) mass is 354 g/mol. The fourth-order valence-electron chi connectivity index (χ4n) is 3.25. The standard InChI is InChI=1S/C17H23ClN2O4/c1-11-15(17(19)21)20(5-8-22-11)4-3-12-9-13(18)16-14(10-12)23-6-2-7-24-16/h9-11,15H,2-8H2,1H3,(H2,19,21)/t11-,15+/m1/s1. The van der Waals surface area contributed by atoms with Gasteiger partial charge in [0.25, 0.3) is 0 Å². The summed E-state index contributed by atoms with van der Waals surface area (Å²) >= 11 is 6.33. The predicted molar refractivity (Wildman–Crippen MR) is 90.7 cm³/mol. The molecule has 2 N–H and O–H groups in total. The maximum absolute atomic E-state index is 11.7. The average molecular weight is 355 g/mol. The third-order valence-corrected chi connectivity index (χ3v) is 4.72. The van der Waals surface area contributed by atoms with E-state index in [1.165, 1.54) is 0 Å². The molecule has 6 nitrogen and oxygen atoms in total. The largest absolute Gasteiger partial charge is 0.489 e. The van der Waals surface area contributed by atoms with Gasteiger partial charge in [-0.3, -0.25) is 9.69 Å². The smallest absolute Gasteiger partial charge is 0.237 e. The van der Waals surface area contributed by atoms with Gasteiger partial charge >= 0.3 is 0 Å². The fraction of sp³-hybridized carbons (Fsp3) is 0.588. The highest BCUT2D eigenvalue weighted by molar-refractivity contribution is 6.32. The van der Waals surface area contributed by atoms with Crippen molar-refractivity contribution in [2.75, 3.05) is 32.9 Å². The van der Waals surface area contributed by atoms with E-state index in [2.05, 4.69) is 4.90 Å². The maximum atomic E-state index is 11.7. The molecule has 3 rings (SSSR count). The van der Waals surface area contributed by atoms with Crippen molar-refractivity contribution < 1.29 is 19.0 Å². The van der Waals surface area contributed by atoms with Crippen LogP contribution >= 0.6 is 11.6 Å². The number of fused-ring (bicyclic) bond motifs is 1. The van der Waals surface area contributed by atoms with Gasteiger partial charge in [0.1, 0.15) is 6.04 Å².